The van der Waals surface area contributed by atoms with Crippen LogP contribution in [0.1, 0.15) is 5.56 Å². The van der Waals surface area contributed by atoms with Gasteiger partial charge in [0, 0.05) is 15.5 Å². The summed E-state index contributed by atoms with van der Waals surface area (Å²) in [5, 5.41) is 2.78. The molecule has 1 N–H and O–H groups in total. The Morgan fingerprint density at radius 3 is 2.40 bits per heavy atom. The zero-order valence-electron chi connectivity index (χ0n) is 15.9. The third kappa shape index (κ3) is 4.09. The summed E-state index contributed by atoms with van der Waals surface area (Å²) in [6.45, 7) is -0.127. The lowest BCUT2D eigenvalue weighted by molar-refractivity contribution is -0.137. The number of rotatable bonds is 4. The number of anilines is 3. The second-order valence-electron chi connectivity index (χ2n) is 6.61. The van der Waals surface area contributed by atoms with Gasteiger partial charge in [-0.15, -0.1) is 0 Å². The minimum Gasteiger partial charge on any atom is -0.497 e. The van der Waals surface area contributed by atoms with Crippen LogP contribution in [-0.4, -0.2) is 19.6 Å². The summed E-state index contributed by atoms with van der Waals surface area (Å²) in [6, 6.07) is 17.8. The molecule has 1 aliphatic heterocycles. The van der Waals surface area contributed by atoms with Crippen LogP contribution in [0.2, 0.25) is 0 Å². The molecular formula is C22H17F3N2O2S. The highest BCUT2D eigenvalue weighted by Crippen LogP contribution is 2.49. The van der Waals surface area contributed by atoms with Gasteiger partial charge in [-0.25, -0.2) is 0 Å². The molecule has 1 heterocycles. The minimum absolute atomic E-state index is 0.127. The monoisotopic (exact) mass is 430 g/mol. The fourth-order valence-corrected chi connectivity index (χ4v) is 4.27. The number of halogens is 3. The number of benzene rings is 3. The zero-order valence-corrected chi connectivity index (χ0v) is 16.7. The van der Waals surface area contributed by atoms with Crippen LogP contribution in [0.25, 0.3) is 0 Å². The minimum atomic E-state index is -4.46. The molecule has 3 aromatic carbocycles. The Bertz CT molecular complexity index is 1080. The van der Waals surface area contributed by atoms with Crippen molar-refractivity contribution in [3.63, 3.8) is 0 Å². The van der Waals surface area contributed by atoms with Crippen LogP contribution in [-0.2, 0) is 11.0 Å². The van der Waals surface area contributed by atoms with Gasteiger partial charge in [-0.1, -0.05) is 23.9 Å². The number of fused-ring (bicyclic) bond motifs is 2. The van der Waals surface area contributed by atoms with Crippen LogP contribution in [0.5, 0.6) is 5.75 Å². The molecule has 0 aliphatic carbocycles. The van der Waals surface area contributed by atoms with Crippen LogP contribution in [0.15, 0.2) is 76.5 Å². The molecule has 0 radical (unpaired) electrons. The lowest BCUT2D eigenvalue weighted by atomic mass is 10.1. The second-order valence-corrected chi connectivity index (χ2v) is 7.70. The normalized spacial score (nSPS) is 12.7. The summed E-state index contributed by atoms with van der Waals surface area (Å²) >= 11 is 1.39. The van der Waals surface area contributed by atoms with E-state index in [1.165, 1.54) is 17.8 Å². The van der Waals surface area contributed by atoms with Crippen molar-refractivity contribution in [3.05, 3.63) is 72.3 Å². The fraction of sp³-hybridized carbons (Fsp3) is 0.136. The molecule has 4 rings (SSSR count). The molecule has 0 bridgehead atoms. The number of nitrogens with one attached hydrogen (secondary N) is 1. The summed E-state index contributed by atoms with van der Waals surface area (Å²) in [7, 11) is 1.55. The highest BCUT2D eigenvalue weighted by atomic mass is 32.2. The summed E-state index contributed by atoms with van der Waals surface area (Å²) in [5.41, 5.74) is 0.879. The number of carbonyl (C=O) groups is 1. The van der Waals surface area contributed by atoms with Crippen LogP contribution in [0.4, 0.5) is 30.2 Å². The number of methoxy groups -OCH3 is 1. The summed E-state index contributed by atoms with van der Waals surface area (Å²) in [4.78, 5) is 15.9. The molecule has 0 aromatic heterocycles. The number of para-hydroxylation sites is 1. The largest absolute Gasteiger partial charge is 0.497 e. The van der Waals surface area contributed by atoms with Gasteiger partial charge >= 0.3 is 6.18 Å². The Balaban J connectivity index is 1.65. The number of nitrogens with zero attached hydrogens (tertiary/aromatic N) is 1. The molecule has 0 fully saturated rings. The number of carbonyl (C=O) groups excluding carboxylic acids is 1. The first kappa shape index (κ1) is 20.2. The molecule has 0 saturated heterocycles. The van der Waals surface area contributed by atoms with Crippen molar-refractivity contribution in [3.8, 4) is 5.75 Å². The number of hydrogen-bond acceptors (Lipinski definition) is 4. The van der Waals surface area contributed by atoms with Gasteiger partial charge in [0.2, 0.25) is 5.91 Å². The first-order valence-electron chi connectivity index (χ1n) is 9.05. The van der Waals surface area contributed by atoms with Gasteiger partial charge in [-0.05, 0) is 54.6 Å². The highest BCUT2D eigenvalue weighted by molar-refractivity contribution is 7.99. The average molecular weight is 430 g/mol. The van der Waals surface area contributed by atoms with Gasteiger partial charge < -0.3 is 15.0 Å². The lowest BCUT2D eigenvalue weighted by Crippen LogP contribution is -2.31. The number of alkyl halides is 3. The zero-order chi connectivity index (χ0) is 21.3. The maximum absolute atomic E-state index is 13.3. The lowest BCUT2D eigenvalue weighted by Gasteiger charge is -2.32. The highest BCUT2D eigenvalue weighted by Gasteiger charge is 2.33. The van der Waals surface area contributed by atoms with Crippen molar-refractivity contribution in [1.29, 1.82) is 0 Å². The average Bonchev–Trinajstić information content (AvgIpc) is 2.73. The Kier molecular flexibility index (Phi) is 5.34. The molecule has 1 aliphatic rings. The standard InChI is InChI=1S/C22H17F3N2O2S/c1-29-16-9-7-15(8-10-16)26-21(28)13-27-17-4-2-3-5-19(17)30-20-11-6-14(12-18(20)27)22(23,24)25/h2-12H,13H2,1H3,(H,26,28). The van der Waals surface area contributed by atoms with E-state index in [0.29, 0.717) is 27.7 Å². The van der Waals surface area contributed by atoms with Crippen LogP contribution < -0.4 is 15.0 Å². The Labute approximate surface area is 175 Å². The second kappa shape index (κ2) is 7.95. The van der Waals surface area contributed by atoms with E-state index in [2.05, 4.69) is 5.32 Å². The Hall–Kier alpha value is -3.13. The van der Waals surface area contributed by atoms with Crippen molar-refractivity contribution in [2.45, 2.75) is 16.0 Å². The van der Waals surface area contributed by atoms with E-state index in [1.807, 2.05) is 12.1 Å². The predicted octanol–water partition coefficient (Wildman–Crippen LogP) is 5.96. The van der Waals surface area contributed by atoms with Crippen molar-refractivity contribution in [1.82, 2.24) is 0 Å². The Morgan fingerprint density at radius 1 is 1.00 bits per heavy atom. The molecule has 154 valence electrons. The summed E-state index contributed by atoms with van der Waals surface area (Å²) in [6.07, 6.45) is -4.46. The molecule has 3 aromatic rings. The summed E-state index contributed by atoms with van der Waals surface area (Å²) in [5.74, 6) is 0.314. The molecule has 8 heteroatoms. The van der Waals surface area contributed by atoms with E-state index in [4.69, 9.17) is 4.74 Å². The van der Waals surface area contributed by atoms with Gasteiger partial charge in [0.1, 0.15) is 12.3 Å². The smallest absolute Gasteiger partial charge is 0.416 e. The molecule has 0 unspecified atom stereocenters. The SMILES string of the molecule is COc1ccc(NC(=O)CN2c3ccccc3Sc3ccc(C(F)(F)F)cc32)cc1. The van der Waals surface area contributed by atoms with Gasteiger partial charge in [0.15, 0.2) is 0 Å². The van der Waals surface area contributed by atoms with Crippen LogP contribution >= 0.6 is 11.8 Å². The van der Waals surface area contributed by atoms with E-state index in [1.54, 1.807) is 48.4 Å². The maximum atomic E-state index is 13.3. The maximum Gasteiger partial charge on any atom is 0.416 e. The molecule has 1 amide bonds. The molecule has 0 atom stereocenters. The van der Waals surface area contributed by atoms with Crippen LogP contribution in [0, 0.1) is 0 Å². The van der Waals surface area contributed by atoms with E-state index < -0.39 is 11.7 Å². The van der Waals surface area contributed by atoms with Crippen molar-refractivity contribution in [2.24, 2.45) is 0 Å². The molecule has 0 saturated carbocycles. The van der Waals surface area contributed by atoms with Crippen molar-refractivity contribution in [2.75, 3.05) is 23.9 Å². The van der Waals surface area contributed by atoms with E-state index >= 15 is 0 Å². The van der Waals surface area contributed by atoms with Gasteiger partial charge in [0.05, 0.1) is 24.0 Å². The summed E-state index contributed by atoms with van der Waals surface area (Å²) < 4.78 is 44.9. The fourth-order valence-electron chi connectivity index (χ4n) is 3.19. The van der Waals surface area contributed by atoms with Crippen LogP contribution in [0.3, 0.4) is 0 Å². The van der Waals surface area contributed by atoms with Gasteiger partial charge in [-0.2, -0.15) is 13.2 Å². The quantitative estimate of drug-likeness (QED) is 0.555. The molecule has 4 nitrogen and oxygen atoms in total. The third-order valence-electron chi connectivity index (χ3n) is 4.63. The first-order valence-corrected chi connectivity index (χ1v) is 9.86. The number of amides is 1. The van der Waals surface area contributed by atoms with Crippen molar-refractivity contribution >= 4 is 34.7 Å². The first-order chi connectivity index (χ1) is 14.3. The third-order valence-corrected chi connectivity index (χ3v) is 5.76. The number of ether oxygens (including phenoxy) is 1. The number of hydrogen-bond donors (Lipinski definition) is 1. The van der Waals surface area contributed by atoms with E-state index in [0.717, 1.165) is 17.0 Å². The molecule has 0 spiro atoms. The van der Waals surface area contributed by atoms with Gasteiger partial charge in [-0.3, -0.25) is 4.79 Å². The van der Waals surface area contributed by atoms with Crippen molar-refractivity contribution < 1.29 is 22.7 Å². The van der Waals surface area contributed by atoms with E-state index in [9.17, 15) is 18.0 Å². The molecular weight excluding hydrogens is 413 g/mol. The predicted molar refractivity (Wildman–Crippen MR) is 111 cm³/mol. The Morgan fingerprint density at radius 2 is 1.70 bits per heavy atom. The van der Waals surface area contributed by atoms with Gasteiger partial charge in [0.25, 0.3) is 0 Å². The topological polar surface area (TPSA) is 41.6 Å². The molecule has 30 heavy (non-hydrogen) atoms. The van der Waals surface area contributed by atoms with E-state index in [-0.39, 0.29) is 12.5 Å².